The zero-order chi connectivity index (χ0) is 14.3. The van der Waals surface area contributed by atoms with Crippen LogP contribution in [0, 0.1) is 0 Å². The number of likely N-dealkylation sites (N-methyl/N-ethyl adjacent to an activating group) is 1. The smallest absolute Gasteiger partial charge is 0.321 e. The predicted molar refractivity (Wildman–Crippen MR) is 71.0 cm³/mol. The molecule has 0 radical (unpaired) electrons. The molecule has 0 saturated heterocycles. The number of aromatic nitrogens is 1. The summed E-state index contributed by atoms with van der Waals surface area (Å²) in [7, 11) is -2.09. The minimum atomic E-state index is -3.46. The summed E-state index contributed by atoms with van der Waals surface area (Å²) in [6.45, 7) is 1.66. The lowest BCUT2D eigenvalue weighted by atomic mass is 10.2. The fraction of sp³-hybridized carbons (Fsp3) is 0.500. The molecule has 106 valence electrons. The highest BCUT2D eigenvalue weighted by molar-refractivity contribution is 7.89. The molecule has 0 aliphatic carbocycles. The molecule has 0 aliphatic heterocycles. The lowest BCUT2D eigenvalue weighted by molar-refractivity contribution is -0.143. The molecule has 1 heterocycles. The number of hydrogen-bond donors (Lipinski definition) is 0. The van der Waals surface area contributed by atoms with Crippen LogP contribution in [0.5, 0.6) is 0 Å². The Labute approximate surface area is 113 Å². The zero-order valence-corrected chi connectivity index (χ0v) is 11.9. The highest BCUT2D eigenvalue weighted by Crippen LogP contribution is 2.04. The Bertz CT molecular complexity index is 502. The third-order valence-corrected chi connectivity index (χ3v) is 4.33. The summed E-state index contributed by atoms with van der Waals surface area (Å²) in [6, 6.07) is 3.53. The molecule has 0 saturated carbocycles. The second kappa shape index (κ2) is 7.20. The van der Waals surface area contributed by atoms with Gasteiger partial charge in [0.05, 0.1) is 12.4 Å². The molecule has 6 nitrogen and oxygen atoms in total. The number of ether oxygens (including phenoxy) is 1. The molecule has 19 heavy (non-hydrogen) atoms. The second-order valence-corrected chi connectivity index (χ2v) is 6.18. The maximum atomic E-state index is 11.9. The molecule has 0 aromatic carbocycles. The maximum absolute atomic E-state index is 11.9. The van der Waals surface area contributed by atoms with Crippen molar-refractivity contribution in [1.82, 2.24) is 9.29 Å². The number of carbonyl (C=O) groups is 1. The minimum Gasteiger partial charge on any atom is -0.465 e. The van der Waals surface area contributed by atoms with Gasteiger partial charge < -0.3 is 4.74 Å². The van der Waals surface area contributed by atoms with Crippen LogP contribution in [0.3, 0.4) is 0 Å². The number of aryl methyl sites for hydroxylation is 1. The van der Waals surface area contributed by atoms with Crippen molar-refractivity contribution in [2.45, 2.75) is 13.3 Å². The minimum absolute atomic E-state index is 0.0487. The third-order valence-electron chi connectivity index (χ3n) is 2.53. The van der Waals surface area contributed by atoms with Crippen LogP contribution in [-0.2, 0) is 26.0 Å². The molecule has 0 atom stereocenters. The number of pyridine rings is 1. The normalized spacial score (nSPS) is 11.5. The average molecular weight is 286 g/mol. The number of esters is 1. The first-order valence-electron chi connectivity index (χ1n) is 5.94. The molecule has 0 unspecified atom stereocenters. The van der Waals surface area contributed by atoms with Gasteiger partial charge in [-0.05, 0) is 31.0 Å². The topological polar surface area (TPSA) is 76.6 Å². The molecule has 0 fully saturated rings. The Kier molecular flexibility index (Phi) is 5.91. The Morgan fingerprint density at radius 2 is 2.00 bits per heavy atom. The van der Waals surface area contributed by atoms with Crippen LogP contribution < -0.4 is 0 Å². The van der Waals surface area contributed by atoms with Crippen LogP contribution in [0.2, 0.25) is 0 Å². The molecule has 1 aromatic rings. The van der Waals surface area contributed by atoms with Gasteiger partial charge in [0.25, 0.3) is 0 Å². The van der Waals surface area contributed by atoms with Crippen LogP contribution in [0.4, 0.5) is 0 Å². The van der Waals surface area contributed by atoms with Gasteiger partial charge in [0.2, 0.25) is 10.0 Å². The van der Waals surface area contributed by atoms with E-state index in [1.165, 1.54) is 7.05 Å². The first-order chi connectivity index (χ1) is 8.95. The van der Waals surface area contributed by atoms with E-state index in [0.717, 1.165) is 9.87 Å². The lowest BCUT2D eigenvalue weighted by Gasteiger charge is -2.16. The van der Waals surface area contributed by atoms with Crippen molar-refractivity contribution in [1.29, 1.82) is 0 Å². The SMILES string of the molecule is CCOC(=O)CN(C)S(=O)(=O)CCc1ccncc1. The van der Waals surface area contributed by atoms with Gasteiger partial charge in [0.1, 0.15) is 6.54 Å². The van der Waals surface area contributed by atoms with E-state index in [4.69, 9.17) is 4.74 Å². The first kappa shape index (κ1) is 15.6. The second-order valence-electron chi connectivity index (χ2n) is 3.98. The summed E-state index contributed by atoms with van der Waals surface area (Å²) in [5, 5.41) is 0. The highest BCUT2D eigenvalue weighted by atomic mass is 32.2. The first-order valence-corrected chi connectivity index (χ1v) is 7.55. The van der Waals surface area contributed by atoms with Gasteiger partial charge >= 0.3 is 5.97 Å². The van der Waals surface area contributed by atoms with Crippen molar-refractivity contribution in [3.63, 3.8) is 0 Å². The summed E-state index contributed by atoms with van der Waals surface area (Å²) >= 11 is 0. The van der Waals surface area contributed by atoms with E-state index in [2.05, 4.69) is 4.98 Å². The summed E-state index contributed by atoms with van der Waals surface area (Å²) in [6.07, 6.45) is 3.62. The number of hydrogen-bond acceptors (Lipinski definition) is 5. The molecular formula is C12H18N2O4S. The van der Waals surface area contributed by atoms with Crippen molar-refractivity contribution in [2.75, 3.05) is 26.0 Å². The van der Waals surface area contributed by atoms with Crippen LogP contribution >= 0.6 is 0 Å². The molecule has 0 bridgehead atoms. The number of rotatable bonds is 7. The van der Waals surface area contributed by atoms with Crippen LogP contribution in [0.25, 0.3) is 0 Å². The fourth-order valence-corrected chi connectivity index (χ4v) is 2.55. The van der Waals surface area contributed by atoms with Gasteiger partial charge in [-0.2, -0.15) is 4.31 Å². The molecule has 1 aromatic heterocycles. The van der Waals surface area contributed by atoms with E-state index < -0.39 is 16.0 Å². The Morgan fingerprint density at radius 1 is 1.37 bits per heavy atom. The lowest BCUT2D eigenvalue weighted by Crippen LogP contribution is -2.35. The number of sulfonamides is 1. The Morgan fingerprint density at radius 3 is 2.58 bits per heavy atom. The van der Waals surface area contributed by atoms with Crippen LogP contribution in [0.15, 0.2) is 24.5 Å². The van der Waals surface area contributed by atoms with E-state index in [1.54, 1.807) is 31.5 Å². The summed E-state index contributed by atoms with van der Waals surface area (Å²) in [5.41, 5.74) is 0.892. The summed E-state index contributed by atoms with van der Waals surface area (Å²) < 4.78 is 29.6. The van der Waals surface area contributed by atoms with Crippen molar-refractivity contribution in [3.05, 3.63) is 30.1 Å². The van der Waals surface area contributed by atoms with Crippen LogP contribution in [0.1, 0.15) is 12.5 Å². The monoisotopic (exact) mass is 286 g/mol. The van der Waals surface area contributed by atoms with Crippen molar-refractivity contribution in [2.24, 2.45) is 0 Å². The summed E-state index contributed by atoms with van der Waals surface area (Å²) in [4.78, 5) is 15.1. The van der Waals surface area contributed by atoms with Gasteiger partial charge in [-0.25, -0.2) is 8.42 Å². The fourth-order valence-electron chi connectivity index (χ4n) is 1.44. The molecule has 7 heteroatoms. The average Bonchev–Trinajstić information content (AvgIpc) is 2.38. The predicted octanol–water partition coefficient (Wildman–Crippen LogP) is 0.449. The highest BCUT2D eigenvalue weighted by Gasteiger charge is 2.20. The molecule has 1 rings (SSSR count). The van der Waals surface area contributed by atoms with Gasteiger partial charge in [-0.1, -0.05) is 0 Å². The van der Waals surface area contributed by atoms with E-state index in [0.29, 0.717) is 6.42 Å². The number of carbonyl (C=O) groups excluding carboxylic acids is 1. The van der Waals surface area contributed by atoms with Crippen LogP contribution in [-0.4, -0.2) is 49.6 Å². The van der Waals surface area contributed by atoms with Crippen molar-refractivity contribution < 1.29 is 17.9 Å². The van der Waals surface area contributed by atoms with Gasteiger partial charge in [0.15, 0.2) is 0 Å². The summed E-state index contributed by atoms with van der Waals surface area (Å²) in [5.74, 6) is -0.593. The van der Waals surface area contributed by atoms with Gasteiger partial charge in [-0.15, -0.1) is 0 Å². The zero-order valence-electron chi connectivity index (χ0n) is 11.1. The van der Waals surface area contributed by atoms with Crippen molar-refractivity contribution in [3.8, 4) is 0 Å². The van der Waals surface area contributed by atoms with E-state index >= 15 is 0 Å². The quantitative estimate of drug-likeness (QED) is 0.680. The van der Waals surface area contributed by atoms with Gasteiger partial charge in [-0.3, -0.25) is 9.78 Å². The molecule has 0 spiro atoms. The molecule has 0 N–H and O–H groups in total. The largest absolute Gasteiger partial charge is 0.465 e. The Hall–Kier alpha value is -1.47. The molecular weight excluding hydrogens is 268 g/mol. The molecule has 0 aliphatic rings. The molecule has 0 amide bonds. The Balaban J connectivity index is 2.53. The van der Waals surface area contributed by atoms with Crippen molar-refractivity contribution >= 4 is 16.0 Å². The third kappa shape index (κ3) is 5.35. The standard InChI is InChI=1S/C12H18N2O4S/c1-3-18-12(15)10-14(2)19(16,17)9-6-11-4-7-13-8-5-11/h4-5,7-8H,3,6,9-10H2,1-2H3. The van der Waals surface area contributed by atoms with E-state index in [9.17, 15) is 13.2 Å². The van der Waals surface area contributed by atoms with E-state index in [-0.39, 0.29) is 18.9 Å². The number of nitrogens with zero attached hydrogens (tertiary/aromatic N) is 2. The van der Waals surface area contributed by atoms with E-state index in [1.807, 2.05) is 0 Å². The van der Waals surface area contributed by atoms with Gasteiger partial charge in [0, 0.05) is 19.4 Å². The maximum Gasteiger partial charge on any atom is 0.321 e.